The molecule has 1 atom stereocenters. The summed E-state index contributed by atoms with van der Waals surface area (Å²) in [4.78, 5) is 0. The van der Waals surface area contributed by atoms with E-state index < -0.39 is 11.6 Å². The predicted octanol–water partition coefficient (Wildman–Crippen LogP) is 2.36. The van der Waals surface area contributed by atoms with Crippen LogP contribution in [0.4, 0.5) is 8.78 Å². The Morgan fingerprint density at radius 3 is 2.72 bits per heavy atom. The summed E-state index contributed by atoms with van der Waals surface area (Å²) in [5, 5.41) is 3.17. The molecule has 1 aromatic carbocycles. The molecule has 0 aliphatic carbocycles. The first-order valence-corrected chi connectivity index (χ1v) is 5.98. The third kappa shape index (κ3) is 4.98. The zero-order valence-electron chi connectivity index (χ0n) is 10.7. The molecule has 0 spiro atoms. The van der Waals surface area contributed by atoms with E-state index in [9.17, 15) is 8.78 Å². The number of rotatable bonds is 8. The molecule has 1 rings (SSSR count). The number of hydrogen-bond donors (Lipinski definition) is 1. The van der Waals surface area contributed by atoms with Gasteiger partial charge in [-0.2, -0.15) is 0 Å². The minimum atomic E-state index is -0.702. The Hall–Kier alpha value is -1.20. The minimum absolute atomic E-state index is 0.0387. The lowest BCUT2D eigenvalue weighted by Gasteiger charge is -2.19. The lowest BCUT2D eigenvalue weighted by atomic mass is 10.3. The topological polar surface area (TPSA) is 30.5 Å². The Balaban J connectivity index is 2.58. The highest BCUT2D eigenvalue weighted by atomic mass is 19.1. The van der Waals surface area contributed by atoms with Gasteiger partial charge in [0, 0.05) is 19.7 Å². The zero-order chi connectivity index (χ0) is 13.4. The summed E-state index contributed by atoms with van der Waals surface area (Å²) in [6, 6.07) is 3.26. The van der Waals surface area contributed by atoms with Gasteiger partial charge in [-0.3, -0.25) is 0 Å². The van der Waals surface area contributed by atoms with Crippen molar-refractivity contribution in [1.29, 1.82) is 0 Å². The number of hydrogen-bond acceptors (Lipinski definition) is 3. The lowest BCUT2D eigenvalue weighted by molar-refractivity contribution is 0.0779. The fourth-order valence-electron chi connectivity index (χ4n) is 1.51. The van der Waals surface area contributed by atoms with E-state index in [1.165, 1.54) is 12.1 Å². The minimum Gasteiger partial charge on any atom is -0.484 e. The van der Waals surface area contributed by atoms with E-state index in [0.29, 0.717) is 13.2 Å². The lowest BCUT2D eigenvalue weighted by Crippen LogP contribution is -2.35. The molecule has 1 aromatic rings. The first kappa shape index (κ1) is 14.9. The van der Waals surface area contributed by atoms with E-state index in [2.05, 4.69) is 12.2 Å². The molecular formula is C13H19F2NO2. The van der Waals surface area contributed by atoms with Crippen molar-refractivity contribution in [2.24, 2.45) is 0 Å². The van der Waals surface area contributed by atoms with Crippen LogP contribution in [0, 0.1) is 11.6 Å². The smallest absolute Gasteiger partial charge is 0.167 e. The van der Waals surface area contributed by atoms with E-state index in [1.807, 2.05) is 0 Å². The van der Waals surface area contributed by atoms with Crippen LogP contribution in [0.5, 0.6) is 5.75 Å². The third-order valence-electron chi connectivity index (χ3n) is 2.34. The van der Waals surface area contributed by atoms with E-state index in [4.69, 9.17) is 9.47 Å². The first-order valence-electron chi connectivity index (χ1n) is 5.98. The third-order valence-corrected chi connectivity index (χ3v) is 2.34. The zero-order valence-corrected chi connectivity index (χ0v) is 10.7. The second-order valence-electron chi connectivity index (χ2n) is 3.97. The molecule has 1 unspecified atom stereocenters. The van der Waals surface area contributed by atoms with Crippen LogP contribution >= 0.6 is 0 Å². The average molecular weight is 259 g/mol. The summed E-state index contributed by atoms with van der Waals surface area (Å²) in [6.45, 7) is 3.81. The number of benzene rings is 1. The molecule has 0 amide bonds. The van der Waals surface area contributed by atoms with Crippen molar-refractivity contribution in [2.45, 2.75) is 19.4 Å². The van der Waals surface area contributed by atoms with Gasteiger partial charge >= 0.3 is 0 Å². The van der Waals surface area contributed by atoms with Crippen LogP contribution < -0.4 is 10.1 Å². The summed E-state index contributed by atoms with van der Waals surface area (Å²) in [5.41, 5.74) is 0. The Labute approximate surface area is 106 Å². The van der Waals surface area contributed by atoms with E-state index in [1.54, 1.807) is 7.11 Å². The standard InChI is InChI=1S/C13H19F2NO2/c1-3-6-16-8-11(9-17-2)18-13-5-4-10(14)7-12(13)15/h4-5,7,11,16H,3,6,8-9H2,1-2H3. The van der Waals surface area contributed by atoms with E-state index in [0.717, 1.165) is 19.0 Å². The summed E-state index contributed by atoms with van der Waals surface area (Å²) in [6.07, 6.45) is 0.700. The van der Waals surface area contributed by atoms with Crippen molar-refractivity contribution in [3.8, 4) is 5.75 Å². The maximum absolute atomic E-state index is 13.4. The molecule has 102 valence electrons. The van der Waals surface area contributed by atoms with Crippen molar-refractivity contribution < 1.29 is 18.3 Å². The van der Waals surface area contributed by atoms with Crippen LogP contribution in [0.25, 0.3) is 0 Å². The van der Waals surface area contributed by atoms with Crippen molar-refractivity contribution in [2.75, 3.05) is 26.8 Å². The van der Waals surface area contributed by atoms with Gasteiger partial charge in [-0.1, -0.05) is 6.92 Å². The molecule has 18 heavy (non-hydrogen) atoms. The quantitative estimate of drug-likeness (QED) is 0.727. The normalized spacial score (nSPS) is 12.4. The molecule has 0 fully saturated rings. The molecule has 0 saturated carbocycles. The highest BCUT2D eigenvalue weighted by Crippen LogP contribution is 2.18. The van der Waals surface area contributed by atoms with E-state index >= 15 is 0 Å². The Morgan fingerprint density at radius 2 is 2.11 bits per heavy atom. The highest BCUT2D eigenvalue weighted by Gasteiger charge is 2.13. The molecule has 3 nitrogen and oxygen atoms in total. The average Bonchev–Trinajstić information content (AvgIpc) is 2.33. The largest absolute Gasteiger partial charge is 0.484 e. The first-order chi connectivity index (χ1) is 8.67. The number of nitrogens with one attached hydrogen (secondary N) is 1. The van der Waals surface area contributed by atoms with Gasteiger partial charge in [-0.25, -0.2) is 8.78 Å². The molecule has 0 aromatic heterocycles. The van der Waals surface area contributed by atoms with Crippen LogP contribution in [0.15, 0.2) is 18.2 Å². The maximum atomic E-state index is 13.4. The molecule has 1 N–H and O–H groups in total. The molecule has 0 aliphatic heterocycles. The summed E-state index contributed by atoms with van der Waals surface area (Å²) < 4.78 is 36.6. The van der Waals surface area contributed by atoms with Crippen LogP contribution in [-0.4, -0.2) is 32.9 Å². The molecule has 0 bridgehead atoms. The second kappa shape index (κ2) is 8.00. The van der Waals surface area contributed by atoms with Crippen molar-refractivity contribution in [3.63, 3.8) is 0 Å². The molecule has 0 heterocycles. The fraction of sp³-hybridized carbons (Fsp3) is 0.538. The van der Waals surface area contributed by atoms with Gasteiger partial charge in [-0.15, -0.1) is 0 Å². The summed E-state index contributed by atoms with van der Waals surface area (Å²) >= 11 is 0. The Morgan fingerprint density at radius 1 is 1.33 bits per heavy atom. The van der Waals surface area contributed by atoms with Gasteiger partial charge in [0.05, 0.1) is 6.61 Å². The van der Waals surface area contributed by atoms with Gasteiger partial charge in [-0.05, 0) is 25.1 Å². The number of methoxy groups -OCH3 is 1. The Kier molecular flexibility index (Phi) is 6.60. The Bertz CT molecular complexity index is 361. The summed E-state index contributed by atoms with van der Waals surface area (Å²) in [5.74, 6) is -1.28. The van der Waals surface area contributed by atoms with Crippen molar-refractivity contribution in [1.82, 2.24) is 5.32 Å². The molecule has 0 aliphatic rings. The highest BCUT2D eigenvalue weighted by molar-refractivity contribution is 5.24. The van der Waals surface area contributed by atoms with Crippen molar-refractivity contribution in [3.05, 3.63) is 29.8 Å². The van der Waals surface area contributed by atoms with Gasteiger partial charge in [0.1, 0.15) is 11.9 Å². The second-order valence-corrected chi connectivity index (χ2v) is 3.97. The van der Waals surface area contributed by atoms with Gasteiger partial charge < -0.3 is 14.8 Å². The van der Waals surface area contributed by atoms with E-state index in [-0.39, 0.29) is 11.9 Å². The molecule has 0 radical (unpaired) electrons. The van der Waals surface area contributed by atoms with Crippen LogP contribution in [0.1, 0.15) is 13.3 Å². The summed E-state index contributed by atoms with van der Waals surface area (Å²) in [7, 11) is 1.55. The van der Waals surface area contributed by atoms with Gasteiger partial charge in [0.2, 0.25) is 0 Å². The van der Waals surface area contributed by atoms with Gasteiger partial charge in [0.25, 0.3) is 0 Å². The van der Waals surface area contributed by atoms with Crippen LogP contribution in [0.2, 0.25) is 0 Å². The molecule has 0 saturated heterocycles. The fourth-order valence-corrected chi connectivity index (χ4v) is 1.51. The van der Waals surface area contributed by atoms with Gasteiger partial charge in [0.15, 0.2) is 11.6 Å². The van der Waals surface area contributed by atoms with Crippen LogP contribution in [-0.2, 0) is 4.74 Å². The number of halogens is 2. The predicted molar refractivity (Wildman–Crippen MR) is 65.8 cm³/mol. The maximum Gasteiger partial charge on any atom is 0.167 e. The monoisotopic (exact) mass is 259 g/mol. The molecular weight excluding hydrogens is 240 g/mol. The SMILES string of the molecule is CCCNCC(COC)Oc1ccc(F)cc1F. The number of ether oxygens (including phenoxy) is 2. The molecule has 5 heteroatoms. The van der Waals surface area contributed by atoms with Crippen LogP contribution in [0.3, 0.4) is 0 Å². The van der Waals surface area contributed by atoms with Crippen molar-refractivity contribution >= 4 is 0 Å².